The molecule has 2 heterocycles. The van der Waals surface area contributed by atoms with Crippen molar-refractivity contribution in [1.29, 1.82) is 0 Å². The standard InChI is InChI=1S/C10H17N3O/c1-2-4-9-11-10-6-3-5-8(7-14)13(10)12-9/h8,14H,2-7H2,1H3. The number of hydrogen-bond donors (Lipinski definition) is 1. The summed E-state index contributed by atoms with van der Waals surface area (Å²) in [4.78, 5) is 4.48. The van der Waals surface area contributed by atoms with Crippen LogP contribution < -0.4 is 0 Å². The van der Waals surface area contributed by atoms with Gasteiger partial charge in [0.05, 0.1) is 12.6 Å². The number of aromatic nitrogens is 3. The van der Waals surface area contributed by atoms with Crippen LogP contribution in [0.4, 0.5) is 0 Å². The predicted molar refractivity (Wildman–Crippen MR) is 53.1 cm³/mol. The smallest absolute Gasteiger partial charge is 0.150 e. The fraction of sp³-hybridized carbons (Fsp3) is 0.800. The van der Waals surface area contributed by atoms with Crippen molar-refractivity contribution in [2.24, 2.45) is 0 Å². The first-order valence-corrected chi connectivity index (χ1v) is 5.40. The molecule has 0 saturated carbocycles. The van der Waals surface area contributed by atoms with Gasteiger partial charge in [-0.15, -0.1) is 0 Å². The minimum absolute atomic E-state index is 0.164. The van der Waals surface area contributed by atoms with E-state index >= 15 is 0 Å². The Balaban J connectivity index is 2.24. The Labute approximate surface area is 84.0 Å². The van der Waals surface area contributed by atoms with Crippen molar-refractivity contribution in [1.82, 2.24) is 14.8 Å². The molecule has 0 spiro atoms. The second-order valence-corrected chi connectivity index (χ2v) is 3.87. The van der Waals surface area contributed by atoms with E-state index in [0.29, 0.717) is 0 Å². The lowest BCUT2D eigenvalue weighted by Gasteiger charge is -2.20. The number of aryl methyl sites for hydroxylation is 2. The maximum atomic E-state index is 9.19. The summed E-state index contributed by atoms with van der Waals surface area (Å²) >= 11 is 0. The average molecular weight is 195 g/mol. The number of nitrogens with zero attached hydrogens (tertiary/aromatic N) is 3. The van der Waals surface area contributed by atoms with Crippen molar-refractivity contribution < 1.29 is 5.11 Å². The summed E-state index contributed by atoms with van der Waals surface area (Å²) < 4.78 is 1.93. The van der Waals surface area contributed by atoms with E-state index in [4.69, 9.17) is 0 Å². The summed E-state index contributed by atoms with van der Waals surface area (Å²) in [5, 5.41) is 13.6. The number of aliphatic hydroxyl groups is 1. The summed E-state index contributed by atoms with van der Waals surface area (Å²) in [5.74, 6) is 1.99. The lowest BCUT2D eigenvalue weighted by molar-refractivity contribution is 0.194. The Hall–Kier alpha value is -0.900. The first kappa shape index (κ1) is 9.65. The SMILES string of the molecule is CCCc1nc2n(n1)C(CO)CCC2. The van der Waals surface area contributed by atoms with Crippen molar-refractivity contribution in [3.05, 3.63) is 11.6 Å². The molecule has 1 N–H and O–H groups in total. The van der Waals surface area contributed by atoms with Crippen molar-refractivity contribution >= 4 is 0 Å². The minimum Gasteiger partial charge on any atom is -0.394 e. The molecule has 14 heavy (non-hydrogen) atoms. The molecule has 2 rings (SSSR count). The molecule has 0 saturated heterocycles. The highest BCUT2D eigenvalue weighted by Crippen LogP contribution is 2.22. The van der Waals surface area contributed by atoms with E-state index in [1.54, 1.807) is 0 Å². The number of rotatable bonds is 3. The van der Waals surface area contributed by atoms with Gasteiger partial charge in [0.15, 0.2) is 5.82 Å². The zero-order valence-corrected chi connectivity index (χ0v) is 8.61. The van der Waals surface area contributed by atoms with Gasteiger partial charge in [-0.2, -0.15) is 5.10 Å². The quantitative estimate of drug-likeness (QED) is 0.785. The molecule has 4 heteroatoms. The van der Waals surface area contributed by atoms with E-state index < -0.39 is 0 Å². The van der Waals surface area contributed by atoms with Crippen LogP contribution >= 0.6 is 0 Å². The second kappa shape index (κ2) is 4.09. The summed E-state index contributed by atoms with van der Waals surface area (Å²) in [6.45, 7) is 2.31. The van der Waals surface area contributed by atoms with Crippen LogP contribution in [-0.4, -0.2) is 26.5 Å². The van der Waals surface area contributed by atoms with Crippen molar-refractivity contribution in [2.45, 2.75) is 45.1 Å². The Morgan fingerprint density at radius 1 is 1.57 bits per heavy atom. The zero-order chi connectivity index (χ0) is 9.97. The van der Waals surface area contributed by atoms with Crippen LogP contribution in [0.15, 0.2) is 0 Å². The zero-order valence-electron chi connectivity index (χ0n) is 8.61. The largest absolute Gasteiger partial charge is 0.394 e. The fourth-order valence-corrected chi connectivity index (χ4v) is 1.98. The highest BCUT2D eigenvalue weighted by atomic mass is 16.3. The second-order valence-electron chi connectivity index (χ2n) is 3.87. The van der Waals surface area contributed by atoms with Crippen LogP contribution in [0.1, 0.15) is 43.9 Å². The van der Waals surface area contributed by atoms with Gasteiger partial charge in [0.2, 0.25) is 0 Å². The molecule has 0 radical (unpaired) electrons. The molecule has 78 valence electrons. The fourth-order valence-electron chi connectivity index (χ4n) is 1.98. The van der Waals surface area contributed by atoms with Crippen LogP contribution in [0.5, 0.6) is 0 Å². The van der Waals surface area contributed by atoms with Gasteiger partial charge >= 0.3 is 0 Å². The molecule has 1 aliphatic rings. The van der Waals surface area contributed by atoms with E-state index in [1.807, 2.05) is 4.68 Å². The Morgan fingerprint density at radius 2 is 2.43 bits per heavy atom. The van der Waals surface area contributed by atoms with Gasteiger partial charge in [-0.05, 0) is 19.3 Å². The first-order chi connectivity index (χ1) is 6.85. The minimum atomic E-state index is 0.164. The maximum absolute atomic E-state index is 9.19. The molecule has 0 aliphatic carbocycles. The number of fused-ring (bicyclic) bond motifs is 1. The average Bonchev–Trinajstić information content (AvgIpc) is 2.60. The Kier molecular flexibility index (Phi) is 2.82. The number of hydrogen-bond acceptors (Lipinski definition) is 3. The van der Waals surface area contributed by atoms with Gasteiger partial charge in [-0.25, -0.2) is 9.67 Å². The molecule has 0 fully saturated rings. The molecule has 0 aromatic carbocycles. The molecule has 1 aromatic heterocycles. The Bertz CT molecular complexity index is 308. The molecular formula is C10H17N3O. The highest BCUT2D eigenvalue weighted by molar-refractivity contribution is 4.98. The van der Waals surface area contributed by atoms with E-state index in [0.717, 1.165) is 43.8 Å². The van der Waals surface area contributed by atoms with Crippen LogP contribution in [0.2, 0.25) is 0 Å². The summed E-state index contributed by atoms with van der Waals surface area (Å²) in [6, 6.07) is 0.164. The van der Waals surface area contributed by atoms with Crippen molar-refractivity contribution in [3.8, 4) is 0 Å². The first-order valence-electron chi connectivity index (χ1n) is 5.40. The number of aliphatic hydroxyl groups excluding tert-OH is 1. The van der Waals surface area contributed by atoms with E-state index in [2.05, 4.69) is 17.0 Å². The molecule has 1 atom stereocenters. The third-order valence-electron chi connectivity index (χ3n) is 2.71. The topological polar surface area (TPSA) is 50.9 Å². The highest BCUT2D eigenvalue weighted by Gasteiger charge is 2.21. The summed E-state index contributed by atoms with van der Waals surface area (Å²) in [7, 11) is 0. The van der Waals surface area contributed by atoms with Gasteiger partial charge in [-0.3, -0.25) is 0 Å². The monoisotopic (exact) mass is 195 g/mol. The predicted octanol–water partition coefficient (Wildman–Crippen LogP) is 1.10. The van der Waals surface area contributed by atoms with Crippen LogP contribution in [0.3, 0.4) is 0 Å². The van der Waals surface area contributed by atoms with Crippen LogP contribution in [0, 0.1) is 0 Å². The van der Waals surface area contributed by atoms with E-state index in [1.165, 1.54) is 0 Å². The van der Waals surface area contributed by atoms with Crippen molar-refractivity contribution in [3.63, 3.8) is 0 Å². The van der Waals surface area contributed by atoms with Gasteiger partial charge in [0.1, 0.15) is 5.82 Å². The Morgan fingerprint density at radius 3 is 3.14 bits per heavy atom. The third-order valence-corrected chi connectivity index (χ3v) is 2.71. The molecular weight excluding hydrogens is 178 g/mol. The van der Waals surface area contributed by atoms with Crippen molar-refractivity contribution in [2.75, 3.05) is 6.61 Å². The molecule has 0 bridgehead atoms. The van der Waals surface area contributed by atoms with Gasteiger partial charge in [0, 0.05) is 12.8 Å². The van der Waals surface area contributed by atoms with Crippen LogP contribution in [-0.2, 0) is 12.8 Å². The lowest BCUT2D eigenvalue weighted by Crippen LogP contribution is -2.22. The normalized spacial score (nSPS) is 20.9. The summed E-state index contributed by atoms with van der Waals surface area (Å²) in [5.41, 5.74) is 0. The molecule has 1 aromatic rings. The molecule has 4 nitrogen and oxygen atoms in total. The van der Waals surface area contributed by atoms with Gasteiger partial charge in [-0.1, -0.05) is 6.92 Å². The van der Waals surface area contributed by atoms with E-state index in [-0.39, 0.29) is 12.6 Å². The molecule has 0 amide bonds. The van der Waals surface area contributed by atoms with E-state index in [9.17, 15) is 5.11 Å². The third kappa shape index (κ3) is 1.66. The molecule has 1 aliphatic heterocycles. The van der Waals surface area contributed by atoms with Crippen LogP contribution in [0.25, 0.3) is 0 Å². The molecule has 1 unspecified atom stereocenters. The summed E-state index contributed by atoms with van der Waals surface area (Å²) in [6.07, 6.45) is 5.17. The lowest BCUT2D eigenvalue weighted by atomic mass is 10.1. The van der Waals surface area contributed by atoms with Gasteiger partial charge in [0.25, 0.3) is 0 Å². The van der Waals surface area contributed by atoms with Gasteiger partial charge < -0.3 is 5.11 Å². The maximum Gasteiger partial charge on any atom is 0.150 e.